The summed E-state index contributed by atoms with van der Waals surface area (Å²) in [4.78, 5) is 12.2. The zero-order chi connectivity index (χ0) is 19.1. The minimum absolute atomic E-state index is 0.0856. The molecule has 0 bridgehead atoms. The van der Waals surface area contributed by atoms with Gasteiger partial charge in [0.1, 0.15) is 12.4 Å². The summed E-state index contributed by atoms with van der Waals surface area (Å²) in [6, 6.07) is 23.6. The molecule has 0 aliphatic carbocycles. The first-order valence-corrected chi connectivity index (χ1v) is 8.98. The molecular formula is C23H24N2O2. The SMILES string of the molecule is Cc1ccc(NC(=O)CNc2cccc(OCc3ccccc3)c2)c(C)c1. The average molecular weight is 360 g/mol. The molecule has 2 N–H and O–H groups in total. The van der Waals surface area contributed by atoms with E-state index >= 15 is 0 Å². The minimum Gasteiger partial charge on any atom is -0.489 e. The summed E-state index contributed by atoms with van der Waals surface area (Å²) in [5, 5.41) is 6.08. The van der Waals surface area contributed by atoms with Crippen molar-refractivity contribution < 1.29 is 9.53 Å². The normalized spacial score (nSPS) is 10.3. The molecule has 0 aliphatic rings. The Morgan fingerprint density at radius 1 is 0.926 bits per heavy atom. The lowest BCUT2D eigenvalue weighted by atomic mass is 10.1. The van der Waals surface area contributed by atoms with Crippen LogP contribution in [0.15, 0.2) is 72.8 Å². The third kappa shape index (κ3) is 5.61. The van der Waals surface area contributed by atoms with Crippen molar-refractivity contribution in [2.75, 3.05) is 17.2 Å². The number of benzene rings is 3. The van der Waals surface area contributed by atoms with Crippen LogP contribution in [0.25, 0.3) is 0 Å². The smallest absolute Gasteiger partial charge is 0.243 e. The number of carbonyl (C=O) groups is 1. The van der Waals surface area contributed by atoms with Crippen LogP contribution in [0.3, 0.4) is 0 Å². The molecule has 138 valence electrons. The Labute approximate surface area is 160 Å². The summed E-state index contributed by atoms with van der Waals surface area (Å²) in [5.74, 6) is 0.677. The van der Waals surface area contributed by atoms with E-state index in [4.69, 9.17) is 4.74 Å². The molecule has 1 amide bonds. The van der Waals surface area contributed by atoms with Crippen molar-refractivity contribution in [3.8, 4) is 5.75 Å². The van der Waals surface area contributed by atoms with Crippen molar-refractivity contribution in [3.63, 3.8) is 0 Å². The van der Waals surface area contributed by atoms with Crippen LogP contribution in [-0.2, 0) is 11.4 Å². The molecule has 0 aliphatic heterocycles. The summed E-state index contributed by atoms with van der Waals surface area (Å²) >= 11 is 0. The van der Waals surface area contributed by atoms with E-state index in [0.717, 1.165) is 28.3 Å². The lowest BCUT2D eigenvalue weighted by molar-refractivity contribution is -0.114. The Morgan fingerprint density at radius 3 is 2.52 bits per heavy atom. The Balaban J connectivity index is 1.52. The molecule has 27 heavy (non-hydrogen) atoms. The van der Waals surface area contributed by atoms with E-state index in [1.54, 1.807) is 0 Å². The van der Waals surface area contributed by atoms with Crippen molar-refractivity contribution in [3.05, 3.63) is 89.5 Å². The fourth-order valence-corrected chi connectivity index (χ4v) is 2.77. The Morgan fingerprint density at radius 2 is 1.74 bits per heavy atom. The second-order valence-electron chi connectivity index (χ2n) is 6.52. The van der Waals surface area contributed by atoms with E-state index in [9.17, 15) is 4.79 Å². The van der Waals surface area contributed by atoms with E-state index < -0.39 is 0 Å². The number of hydrogen-bond acceptors (Lipinski definition) is 3. The molecule has 0 fully saturated rings. The van der Waals surface area contributed by atoms with Crippen molar-refractivity contribution in [2.24, 2.45) is 0 Å². The highest BCUT2D eigenvalue weighted by Gasteiger charge is 2.05. The molecule has 0 unspecified atom stereocenters. The lowest BCUT2D eigenvalue weighted by Crippen LogP contribution is -2.22. The zero-order valence-electron chi connectivity index (χ0n) is 15.7. The fourth-order valence-electron chi connectivity index (χ4n) is 2.77. The molecule has 3 aromatic rings. The average Bonchev–Trinajstić information content (AvgIpc) is 2.68. The number of amides is 1. The second-order valence-corrected chi connectivity index (χ2v) is 6.52. The van der Waals surface area contributed by atoms with Gasteiger partial charge in [0.25, 0.3) is 0 Å². The first kappa shape index (κ1) is 18.5. The second kappa shape index (κ2) is 8.90. The molecular weight excluding hydrogens is 336 g/mol. The Hall–Kier alpha value is -3.27. The van der Waals surface area contributed by atoms with E-state index in [1.165, 1.54) is 5.56 Å². The molecule has 0 radical (unpaired) electrons. The van der Waals surface area contributed by atoms with Gasteiger partial charge in [0.15, 0.2) is 0 Å². The van der Waals surface area contributed by atoms with Crippen molar-refractivity contribution in [1.29, 1.82) is 0 Å². The number of rotatable bonds is 7. The molecule has 3 rings (SSSR count). The molecule has 4 heteroatoms. The van der Waals surface area contributed by atoms with Crippen LogP contribution < -0.4 is 15.4 Å². The minimum atomic E-state index is -0.0856. The highest BCUT2D eigenvalue weighted by atomic mass is 16.5. The van der Waals surface area contributed by atoms with Gasteiger partial charge in [-0.2, -0.15) is 0 Å². The molecule has 0 heterocycles. The quantitative estimate of drug-likeness (QED) is 0.628. The van der Waals surface area contributed by atoms with Crippen LogP contribution in [0.1, 0.15) is 16.7 Å². The number of anilines is 2. The van der Waals surface area contributed by atoms with Gasteiger partial charge in [-0.15, -0.1) is 0 Å². The number of ether oxygens (including phenoxy) is 1. The maximum atomic E-state index is 12.2. The molecule has 0 spiro atoms. The van der Waals surface area contributed by atoms with Crippen molar-refractivity contribution >= 4 is 17.3 Å². The van der Waals surface area contributed by atoms with Gasteiger partial charge in [-0.05, 0) is 43.2 Å². The number of hydrogen-bond donors (Lipinski definition) is 2. The molecule has 4 nitrogen and oxygen atoms in total. The largest absolute Gasteiger partial charge is 0.489 e. The summed E-state index contributed by atoms with van der Waals surface area (Å²) in [6.45, 7) is 4.73. The predicted molar refractivity (Wildman–Crippen MR) is 110 cm³/mol. The van der Waals surface area contributed by atoms with Crippen LogP contribution in [0, 0.1) is 13.8 Å². The van der Waals surface area contributed by atoms with Crippen LogP contribution in [0.4, 0.5) is 11.4 Å². The highest BCUT2D eigenvalue weighted by molar-refractivity contribution is 5.94. The standard InChI is InChI=1S/C23H24N2O2/c1-17-11-12-22(18(2)13-17)25-23(26)15-24-20-9-6-10-21(14-20)27-16-19-7-4-3-5-8-19/h3-14,24H,15-16H2,1-2H3,(H,25,26). The summed E-state index contributed by atoms with van der Waals surface area (Å²) in [7, 11) is 0. The van der Waals surface area contributed by atoms with Crippen LogP contribution in [0.5, 0.6) is 5.75 Å². The summed E-state index contributed by atoms with van der Waals surface area (Å²) in [5.41, 5.74) is 5.03. The van der Waals surface area contributed by atoms with Gasteiger partial charge in [0.05, 0.1) is 6.54 Å². The van der Waals surface area contributed by atoms with Gasteiger partial charge in [0.2, 0.25) is 5.91 Å². The first-order valence-electron chi connectivity index (χ1n) is 8.98. The number of carbonyl (C=O) groups excluding carboxylic acids is 1. The summed E-state index contributed by atoms with van der Waals surface area (Å²) in [6.07, 6.45) is 0. The van der Waals surface area contributed by atoms with E-state index in [0.29, 0.717) is 6.61 Å². The molecule has 0 aromatic heterocycles. The molecule has 0 saturated carbocycles. The monoisotopic (exact) mass is 360 g/mol. The van der Waals surface area contributed by atoms with Gasteiger partial charge in [-0.3, -0.25) is 4.79 Å². The molecule has 0 atom stereocenters. The third-order valence-electron chi connectivity index (χ3n) is 4.19. The zero-order valence-corrected chi connectivity index (χ0v) is 15.7. The maximum Gasteiger partial charge on any atom is 0.243 e. The third-order valence-corrected chi connectivity index (χ3v) is 4.19. The van der Waals surface area contributed by atoms with Crippen LogP contribution >= 0.6 is 0 Å². The van der Waals surface area contributed by atoms with E-state index in [1.807, 2.05) is 80.6 Å². The molecule has 3 aromatic carbocycles. The molecule has 0 saturated heterocycles. The first-order chi connectivity index (χ1) is 13.1. The lowest BCUT2D eigenvalue weighted by Gasteiger charge is -2.12. The van der Waals surface area contributed by atoms with Gasteiger partial charge in [-0.1, -0.05) is 54.1 Å². The fraction of sp³-hybridized carbons (Fsp3) is 0.174. The number of nitrogens with one attached hydrogen (secondary N) is 2. The maximum absolute atomic E-state index is 12.2. The van der Waals surface area contributed by atoms with Crippen LogP contribution in [-0.4, -0.2) is 12.5 Å². The van der Waals surface area contributed by atoms with Crippen molar-refractivity contribution in [1.82, 2.24) is 0 Å². The summed E-state index contributed by atoms with van der Waals surface area (Å²) < 4.78 is 5.82. The van der Waals surface area contributed by atoms with Crippen LogP contribution in [0.2, 0.25) is 0 Å². The number of aryl methyl sites for hydroxylation is 2. The van der Waals surface area contributed by atoms with Gasteiger partial charge >= 0.3 is 0 Å². The van der Waals surface area contributed by atoms with Gasteiger partial charge in [-0.25, -0.2) is 0 Å². The van der Waals surface area contributed by atoms with Crippen molar-refractivity contribution in [2.45, 2.75) is 20.5 Å². The van der Waals surface area contributed by atoms with Gasteiger partial charge < -0.3 is 15.4 Å². The van der Waals surface area contributed by atoms with E-state index in [2.05, 4.69) is 16.7 Å². The van der Waals surface area contributed by atoms with Gasteiger partial charge in [0, 0.05) is 17.4 Å². The Kier molecular flexibility index (Phi) is 6.10. The van der Waals surface area contributed by atoms with E-state index in [-0.39, 0.29) is 12.5 Å². The predicted octanol–water partition coefficient (Wildman–Crippen LogP) is 4.93. The topological polar surface area (TPSA) is 50.4 Å². The Bertz CT molecular complexity index is 907. The highest BCUT2D eigenvalue weighted by Crippen LogP contribution is 2.19.